The van der Waals surface area contributed by atoms with Gasteiger partial charge in [0.2, 0.25) is 11.8 Å². The van der Waals surface area contributed by atoms with Crippen molar-refractivity contribution in [1.82, 2.24) is 15.5 Å². The average molecular weight is 225 g/mol. The van der Waals surface area contributed by atoms with E-state index in [-0.39, 0.29) is 24.9 Å². The Morgan fingerprint density at radius 2 is 1.81 bits per heavy atom. The van der Waals surface area contributed by atoms with E-state index < -0.39 is 0 Å². The minimum atomic E-state index is -0.00304. The van der Waals surface area contributed by atoms with Gasteiger partial charge in [0, 0.05) is 19.1 Å². The minimum Gasteiger partial charge on any atom is -0.352 e. The second-order valence-corrected chi connectivity index (χ2v) is 4.53. The maximum absolute atomic E-state index is 11.6. The van der Waals surface area contributed by atoms with E-state index in [1.807, 2.05) is 4.90 Å². The lowest BCUT2D eigenvalue weighted by Gasteiger charge is -2.15. The molecule has 5 nitrogen and oxygen atoms in total. The largest absolute Gasteiger partial charge is 0.352 e. The van der Waals surface area contributed by atoms with Crippen molar-refractivity contribution in [1.29, 1.82) is 0 Å². The van der Waals surface area contributed by atoms with Crippen LogP contribution >= 0.6 is 0 Å². The Kier molecular flexibility index (Phi) is 3.77. The van der Waals surface area contributed by atoms with Crippen LogP contribution in [0.15, 0.2) is 0 Å². The molecule has 90 valence electrons. The van der Waals surface area contributed by atoms with E-state index in [0.29, 0.717) is 6.04 Å². The summed E-state index contributed by atoms with van der Waals surface area (Å²) in [7, 11) is 0. The molecule has 2 fully saturated rings. The molecule has 1 aliphatic carbocycles. The van der Waals surface area contributed by atoms with Crippen LogP contribution in [0.3, 0.4) is 0 Å². The van der Waals surface area contributed by atoms with Crippen molar-refractivity contribution in [3.63, 3.8) is 0 Å². The zero-order valence-electron chi connectivity index (χ0n) is 9.50. The van der Waals surface area contributed by atoms with Crippen molar-refractivity contribution in [3.8, 4) is 0 Å². The van der Waals surface area contributed by atoms with Crippen molar-refractivity contribution < 1.29 is 9.59 Å². The molecule has 0 aromatic carbocycles. The van der Waals surface area contributed by atoms with E-state index in [2.05, 4.69) is 10.6 Å². The highest BCUT2D eigenvalue weighted by molar-refractivity contribution is 5.81. The van der Waals surface area contributed by atoms with Gasteiger partial charge >= 0.3 is 0 Å². The lowest BCUT2D eigenvalue weighted by atomic mass is 10.4. The first-order valence-corrected chi connectivity index (χ1v) is 6.03. The van der Waals surface area contributed by atoms with Crippen LogP contribution in [-0.4, -0.2) is 48.9 Å². The zero-order valence-corrected chi connectivity index (χ0v) is 9.50. The van der Waals surface area contributed by atoms with Crippen LogP contribution in [0.1, 0.15) is 25.7 Å². The molecule has 5 heteroatoms. The van der Waals surface area contributed by atoms with Crippen LogP contribution < -0.4 is 10.6 Å². The van der Waals surface area contributed by atoms with E-state index in [9.17, 15) is 9.59 Å². The SMILES string of the molecule is O=C(CNCC(=O)N1CCCC1)NC1CC1. The maximum atomic E-state index is 11.6. The molecular formula is C11H19N3O2. The first-order valence-electron chi connectivity index (χ1n) is 6.03. The van der Waals surface area contributed by atoms with Crippen molar-refractivity contribution in [2.24, 2.45) is 0 Å². The second-order valence-electron chi connectivity index (χ2n) is 4.53. The van der Waals surface area contributed by atoms with E-state index in [4.69, 9.17) is 0 Å². The lowest BCUT2D eigenvalue weighted by molar-refractivity contribution is -0.129. The number of likely N-dealkylation sites (tertiary alicyclic amines) is 1. The summed E-state index contributed by atoms with van der Waals surface area (Å²) in [5.74, 6) is 0.105. The number of hydrogen-bond acceptors (Lipinski definition) is 3. The fourth-order valence-electron chi connectivity index (χ4n) is 1.87. The third-order valence-electron chi connectivity index (χ3n) is 2.96. The van der Waals surface area contributed by atoms with Gasteiger partial charge in [-0.15, -0.1) is 0 Å². The molecule has 2 N–H and O–H groups in total. The highest BCUT2D eigenvalue weighted by atomic mass is 16.2. The van der Waals surface area contributed by atoms with Crippen LogP contribution in [0, 0.1) is 0 Å². The summed E-state index contributed by atoms with van der Waals surface area (Å²) in [5, 5.41) is 5.76. The van der Waals surface area contributed by atoms with Gasteiger partial charge in [0.25, 0.3) is 0 Å². The molecule has 0 aromatic heterocycles. The molecular weight excluding hydrogens is 206 g/mol. The Morgan fingerprint density at radius 1 is 1.12 bits per heavy atom. The molecule has 1 aliphatic heterocycles. The van der Waals surface area contributed by atoms with E-state index in [0.717, 1.165) is 38.8 Å². The van der Waals surface area contributed by atoms with Gasteiger partial charge in [0.15, 0.2) is 0 Å². The Morgan fingerprint density at radius 3 is 2.44 bits per heavy atom. The van der Waals surface area contributed by atoms with Crippen LogP contribution in [0.25, 0.3) is 0 Å². The smallest absolute Gasteiger partial charge is 0.236 e. The standard InChI is InChI=1S/C11H19N3O2/c15-10(13-9-3-4-9)7-12-8-11(16)14-5-1-2-6-14/h9,12H,1-8H2,(H,13,15). The van der Waals surface area contributed by atoms with Gasteiger partial charge in [0.05, 0.1) is 13.1 Å². The Bertz CT molecular complexity index is 270. The molecule has 0 unspecified atom stereocenters. The number of amides is 2. The molecule has 1 saturated carbocycles. The van der Waals surface area contributed by atoms with Crippen molar-refractivity contribution in [2.45, 2.75) is 31.7 Å². The Hall–Kier alpha value is -1.10. The number of nitrogens with zero attached hydrogens (tertiary/aromatic N) is 1. The molecule has 2 amide bonds. The Balaban J connectivity index is 1.55. The van der Waals surface area contributed by atoms with Crippen molar-refractivity contribution in [3.05, 3.63) is 0 Å². The zero-order chi connectivity index (χ0) is 11.4. The lowest BCUT2D eigenvalue weighted by Crippen LogP contribution is -2.41. The van der Waals surface area contributed by atoms with Gasteiger partial charge < -0.3 is 10.2 Å². The molecule has 0 radical (unpaired) electrons. The fraction of sp³-hybridized carbons (Fsp3) is 0.818. The summed E-state index contributed by atoms with van der Waals surface area (Å²) in [4.78, 5) is 24.7. The molecule has 1 heterocycles. The molecule has 0 atom stereocenters. The molecule has 2 rings (SSSR count). The topological polar surface area (TPSA) is 61.4 Å². The first-order chi connectivity index (χ1) is 7.75. The van der Waals surface area contributed by atoms with Gasteiger partial charge in [-0.25, -0.2) is 0 Å². The highest BCUT2D eigenvalue weighted by Gasteiger charge is 2.23. The van der Waals surface area contributed by atoms with Gasteiger partial charge in [-0.2, -0.15) is 0 Å². The normalized spacial score (nSPS) is 19.9. The second kappa shape index (κ2) is 5.30. The highest BCUT2D eigenvalue weighted by Crippen LogP contribution is 2.18. The summed E-state index contributed by atoms with van der Waals surface area (Å²) in [6.07, 6.45) is 4.40. The third kappa shape index (κ3) is 3.48. The summed E-state index contributed by atoms with van der Waals surface area (Å²) in [5.41, 5.74) is 0. The van der Waals surface area contributed by atoms with E-state index in [1.54, 1.807) is 0 Å². The number of nitrogens with one attached hydrogen (secondary N) is 2. The van der Waals surface area contributed by atoms with E-state index >= 15 is 0 Å². The van der Waals surface area contributed by atoms with E-state index in [1.165, 1.54) is 0 Å². The first kappa shape index (κ1) is 11.4. The van der Waals surface area contributed by atoms with Crippen molar-refractivity contribution >= 4 is 11.8 Å². The fourth-order valence-corrected chi connectivity index (χ4v) is 1.87. The van der Waals surface area contributed by atoms with Crippen molar-refractivity contribution in [2.75, 3.05) is 26.2 Å². The molecule has 0 bridgehead atoms. The molecule has 0 spiro atoms. The summed E-state index contributed by atoms with van der Waals surface area (Å²) >= 11 is 0. The summed E-state index contributed by atoms with van der Waals surface area (Å²) in [6.45, 7) is 2.26. The van der Waals surface area contributed by atoms with Crippen LogP contribution in [0.4, 0.5) is 0 Å². The van der Waals surface area contributed by atoms with Gasteiger partial charge in [0.1, 0.15) is 0 Å². The number of hydrogen-bond donors (Lipinski definition) is 2. The average Bonchev–Trinajstić information content (AvgIpc) is 2.90. The predicted octanol–water partition coefficient (Wildman–Crippen LogP) is -0.523. The molecule has 16 heavy (non-hydrogen) atoms. The number of carbonyl (C=O) groups is 2. The molecule has 0 aromatic rings. The molecule has 2 aliphatic rings. The quantitative estimate of drug-likeness (QED) is 0.661. The monoisotopic (exact) mass is 225 g/mol. The van der Waals surface area contributed by atoms with Crippen LogP contribution in [-0.2, 0) is 9.59 Å². The number of carbonyl (C=O) groups excluding carboxylic acids is 2. The van der Waals surface area contributed by atoms with Crippen LogP contribution in [0.2, 0.25) is 0 Å². The summed E-state index contributed by atoms with van der Waals surface area (Å²) in [6, 6.07) is 0.392. The Labute approximate surface area is 95.6 Å². The maximum Gasteiger partial charge on any atom is 0.236 e. The minimum absolute atomic E-state index is 0.00304. The number of rotatable bonds is 5. The van der Waals surface area contributed by atoms with Gasteiger partial charge in [-0.1, -0.05) is 0 Å². The van der Waals surface area contributed by atoms with Crippen LogP contribution in [0.5, 0.6) is 0 Å². The predicted molar refractivity (Wildman–Crippen MR) is 59.8 cm³/mol. The third-order valence-corrected chi connectivity index (χ3v) is 2.96. The summed E-state index contributed by atoms with van der Waals surface area (Å²) < 4.78 is 0. The van der Waals surface area contributed by atoms with Gasteiger partial charge in [-0.05, 0) is 25.7 Å². The van der Waals surface area contributed by atoms with Gasteiger partial charge in [-0.3, -0.25) is 14.9 Å². The molecule has 1 saturated heterocycles.